The number of anilines is 2. The average Bonchev–Trinajstić information content (AvgIpc) is 2.90. The zero-order valence-electron chi connectivity index (χ0n) is 14.1. The molecule has 2 heterocycles. The second-order valence-corrected chi connectivity index (χ2v) is 6.91. The van der Waals surface area contributed by atoms with Gasteiger partial charge in [-0.15, -0.1) is 5.10 Å². The van der Waals surface area contributed by atoms with E-state index < -0.39 is 0 Å². The van der Waals surface area contributed by atoms with Gasteiger partial charge in [0, 0.05) is 19.1 Å². The first-order chi connectivity index (χ1) is 11.9. The zero-order chi connectivity index (χ0) is 16.2. The van der Waals surface area contributed by atoms with Crippen molar-refractivity contribution in [3.05, 3.63) is 41.6 Å². The lowest BCUT2D eigenvalue weighted by Gasteiger charge is -2.28. The molecule has 1 fully saturated rings. The van der Waals surface area contributed by atoms with Crippen molar-refractivity contribution in [2.75, 3.05) is 16.8 Å². The van der Waals surface area contributed by atoms with Crippen LogP contribution in [-0.2, 0) is 13.0 Å². The first-order valence-corrected chi connectivity index (χ1v) is 9.16. The summed E-state index contributed by atoms with van der Waals surface area (Å²) in [6.45, 7) is 1.82. The summed E-state index contributed by atoms with van der Waals surface area (Å²) >= 11 is 0. The summed E-state index contributed by atoms with van der Waals surface area (Å²) in [6.07, 6.45) is 10.6. The van der Waals surface area contributed by atoms with Crippen molar-refractivity contribution in [1.29, 1.82) is 0 Å². The quantitative estimate of drug-likeness (QED) is 0.875. The number of nitrogens with zero attached hydrogens (tertiary/aromatic N) is 4. The summed E-state index contributed by atoms with van der Waals surface area (Å²) in [5.41, 5.74) is 2.81. The number of aromatic nitrogens is 3. The van der Waals surface area contributed by atoms with E-state index in [1.165, 1.54) is 49.7 Å². The second-order valence-electron chi connectivity index (χ2n) is 6.91. The van der Waals surface area contributed by atoms with Gasteiger partial charge < -0.3 is 10.2 Å². The number of benzene rings is 1. The number of nitrogens with one attached hydrogen (secondary N) is 1. The smallest absolute Gasteiger partial charge is 0.247 e. The fourth-order valence-electron chi connectivity index (χ4n) is 3.80. The van der Waals surface area contributed by atoms with Gasteiger partial charge in [0.1, 0.15) is 0 Å². The van der Waals surface area contributed by atoms with Gasteiger partial charge in [-0.3, -0.25) is 0 Å². The van der Waals surface area contributed by atoms with Crippen LogP contribution in [0.4, 0.5) is 11.8 Å². The predicted octanol–water partition coefficient (Wildman–Crippen LogP) is 3.57. The average molecular weight is 323 g/mol. The molecule has 1 aliphatic heterocycles. The molecule has 2 aliphatic rings. The van der Waals surface area contributed by atoms with Crippen LogP contribution in [-0.4, -0.2) is 27.8 Å². The molecule has 1 saturated carbocycles. The van der Waals surface area contributed by atoms with Crippen molar-refractivity contribution in [1.82, 2.24) is 15.2 Å². The standard InChI is InChI=1S/C19H25N5/c1-2-4-10-17(9-3-1)21-18-13-20-23-19(22-18)24-12-11-15-7-5-6-8-16(15)14-24/h5-8,13,17H,1-4,9-12,14H2,(H,21,22,23). The Balaban J connectivity index is 1.47. The molecular weight excluding hydrogens is 298 g/mol. The van der Waals surface area contributed by atoms with E-state index in [0.717, 1.165) is 31.3 Å². The van der Waals surface area contributed by atoms with Gasteiger partial charge in [-0.05, 0) is 30.4 Å². The molecule has 0 radical (unpaired) electrons. The maximum absolute atomic E-state index is 4.74. The van der Waals surface area contributed by atoms with Gasteiger partial charge in [-0.2, -0.15) is 10.1 Å². The largest absolute Gasteiger partial charge is 0.366 e. The highest BCUT2D eigenvalue weighted by Crippen LogP contribution is 2.23. The Bertz CT molecular complexity index is 679. The van der Waals surface area contributed by atoms with Gasteiger partial charge in [0.2, 0.25) is 5.95 Å². The van der Waals surface area contributed by atoms with Crippen molar-refractivity contribution < 1.29 is 0 Å². The molecule has 1 aliphatic carbocycles. The number of hydrogen-bond acceptors (Lipinski definition) is 5. The molecule has 1 aromatic heterocycles. The monoisotopic (exact) mass is 323 g/mol. The van der Waals surface area contributed by atoms with E-state index >= 15 is 0 Å². The summed E-state index contributed by atoms with van der Waals surface area (Å²) in [6, 6.07) is 9.16. The molecule has 0 bridgehead atoms. The Labute approximate surface area is 143 Å². The van der Waals surface area contributed by atoms with E-state index in [1.54, 1.807) is 6.20 Å². The third kappa shape index (κ3) is 3.50. The predicted molar refractivity (Wildman–Crippen MR) is 96.1 cm³/mol. The van der Waals surface area contributed by atoms with Gasteiger partial charge in [-0.1, -0.05) is 49.9 Å². The van der Waals surface area contributed by atoms with Gasteiger partial charge in [0.05, 0.1) is 6.20 Å². The highest BCUT2D eigenvalue weighted by molar-refractivity contribution is 5.43. The molecule has 0 amide bonds. The van der Waals surface area contributed by atoms with E-state index in [1.807, 2.05) is 0 Å². The molecular formula is C19H25N5. The van der Waals surface area contributed by atoms with Gasteiger partial charge in [-0.25, -0.2) is 0 Å². The summed E-state index contributed by atoms with van der Waals surface area (Å²) in [4.78, 5) is 6.97. The Hall–Kier alpha value is -2.17. The van der Waals surface area contributed by atoms with Gasteiger partial charge >= 0.3 is 0 Å². The van der Waals surface area contributed by atoms with Crippen LogP contribution < -0.4 is 10.2 Å². The number of rotatable bonds is 3. The minimum atomic E-state index is 0.527. The summed E-state index contributed by atoms with van der Waals surface area (Å²) in [5, 5.41) is 12.0. The van der Waals surface area contributed by atoms with Crippen molar-refractivity contribution in [3.63, 3.8) is 0 Å². The number of fused-ring (bicyclic) bond motifs is 1. The molecule has 1 aromatic carbocycles. The zero-order valence-corrected chi connectivity index (χ0v) is 14.1. The molecule has 5 heteroatoms. The van der Waals surface area contributed by atoms with Crippen LogP contribution in [0.15, 0.2) is 30.5 Å². The van der Waals surface area contributed by atoms with Crippen LogP contribution in [0.25, 0.3) is 0 Å². The van der Waals surface area contributed by atoms with Gasteiger partial charge in [0.15, 0.2) is 5.82 Å². The van der Waals surface area contributed by atoms with Crippen molar-refractivity contribution in [2.45, 2.75) is 57.5 Å². The number of hydrogen-bond donors (Lipinski definition) is 1. The molecule has 126 valence electrons. The molecule has 0 atom stereocenters. The molecule has 5 nitrogen and oxygen atoms in total. The molecule has 0 saturated heterocycles. The van der Waals surface area contributed by atoms with Crippen LogP contribution in [0.2, 0.25) is 0 Å². The van der Waals surface area contributed by atoms with Gasteiger partial charge in [0.25, 0.3) is 0 Å². The Morgan fingerprint density at radius 2 is 1.79 bits per heavy atom. The topological polar surface area (TPSA) is 53.9 Å². The maximum atomic E-state index is 4.74. The minimum absolute atomic E-state index is 0.527. The van der Waals surface area contributed by atoms with E-state index in [-0.39, 0.29) is 0 Å². The van der Waals surface area contributed by atoms with E-state index in [4.69, 9.17) is 4.98 Å². The van der Waals surface area contributed by atoms with E-state index in [9.17, 15) is 0 Å². The minimum Gasteiger partial charge on any atom is -0.366 e. The lowest BCUT2D eigenvalue weighted by Crippen LogP contribution is -2.32. The molecule has 1 N–H and O–H groups in total. The fourth-order valence-corrected chi connectivity index (χ4v) is 3.80. The summed E-state index contributed by atoms with van der Waals surface area (Å²) in [7, 11) is 0. The highest BCUT2D eigenvalue weighted by Gasteiger charge is 2.19. The highest BCUT2D eigenvalue weighted by atomic mass is 15.3. The lowest BCUT2D eigenvalue weighted by atomic mass is 10.0. The fraction of sp³-hybridized carbons (Fsp3) is 0.526. The summed E-state index contributed by atoms with van der Waals surface area (Å²) in [5.74, 6) is 1.61. The lowest BCUT2D eigenvalue weighted by molar-refractivity contribution is 0.615. The van der Waals surface area contributed by atoms with E-state index in [0.29, 0.717) is 6.04 Å². The molecule has 0 unspecified atom stereocenters. The van der Waals surface area contributed by atoms with Crippen LogP contribution >= 0.6 is 0 Å². The van der Waals surface area contributed by atoms with Crippen LogP contribution in [0, 0.1) is 0 Å². The van der Waals surface area contributed by atoms with Crippen LogP contribution in [0.3, 0.4) is 0 Å². The van der Waals surface area contributed by atoms with Crippen LogP contribution in [0.5, 0.6) is 0 Å². The SMILES string of the molecule is c1ccc2c(c1)CCN(c1nncc(NC3CCCCCC3)n1)C2. The van der Waals surface area contributed by atoms with E-state index in [2.05, 4.69) is 44.7 Å². The van der Waals surface area contributed by atoms with Crippen molar-refractivity contribution >= 4 is 11.8 Å². The molecule has 4 rings (SSSR count). The first kappa shape index (κ1) is 15.4. The Morgan fingerprint density at radius 3 is 2.62 bits per heavy atom. The molecule has 2 aromatic rings. The van der Waals surface area contributed by atoms with Crippen molar-refractivity contribution in [3.8, 4) is 0 Å². The summed E-state index contributed by atoms with van der Waals surface area (Å²) < 4.78 is 0. The second kappa shape index (κ2) is 7.16. The molecule has 0 spiro atoms. The first-order valence-electron chi connectivity index (χ1n) is 9.16. The molecule has 24 heavy (non-hydrogen) atoms. The normalized spacial score (nSPS) is 18.8. The maximum Gasteiger partial charge on any atom is 0.247 e. The van der Waals surface area contributed by atoms with Crippen LogP contribution in [0.1, 0.15) is 49.7 Å². The Morgan fingerprint density at radius 1 is 1.00 bits per heavy atom. The Kier molecular flexibility index (Phi) is 4.58. The third-order valence-electron chi connectivity index (χ3n) is 5.17. The third-order valence-corrected chi connectivity index (χ3v) is 5.17. The van der Waals surface area contributed by atoms with Crippen molar-refractivity contribution in [2.24, 2.45) is 0 Å².